The number of nitrogens with one attached hydrogen (secondary N) is 1. The molecule has 3 heterocycles. The number of hydrogen-bond donors (Lipinski definition) is 1. The van der Waals surface area contributed by atoms with Gasteiger partial charge >= 0.3 is 0 Å². The van der Waals surface area contributed by atoms with Crippen molar-refractivity contribution >= 4 is 33.2 Å². The minimum Gasteiger partial charge on any atom is -0.490 e. The average Bonchev–Trinajstić information content (AvgIpc) is 3.22. The Morgan fingerprint density at radius 1 is 1.12 bits per heavy atom. The summed E-state index contributed by atoms with van der Waals surface area (Å²) in [4.78, 5) is 19.9. The summed E-state index contributed by atoms with van der Waals surface area (Å²) >= 11 is 6.45. The number of anilines is 1. The van der Waals surface area contributed by atoms with Gasteiger partial charge in [-0.3, -0.25) is 4.79 Å². The van der Waals surface area contributed by atoms with Crippen molar-refractivity contribution in [3.05, 3.63) is 100 Å². The molecule has 2 aromatic carbocycles. The van der Waals surface area contributed by atoms with E-state index < -0.39 is 32.7 Å². The fourth-order valence-electron chi connectivity index (χ4n) is 8.50. The SMILES string of the molecule is CO[C@@]1(c2ccc(F)nc2)/C=C/C[C@H](C)[C@@H](C)S(=O)(=O)NC(=O)c2ccc3c(c2)N(C[C@@H]2CC[C@H]21)C[C@@]1(CCCc2cc(Cl)ccc21)CO3. The molecule has 3 aromatic rings. The molecule has 2 bridgehead atoms. The van der Waals surface area contributed by atoms with E-state index >= 15 is 0 Å². The van der Waals surface area contributed by atoms with Crippen LogP contribution in [-0.4, -0.2) is 51.4 Å². The summed E-state index contributed by atoms with van der Waals surface area (Å²) < 4.78 is 56.4. The first-order valence-corrected chi connectivity index (χ1v) is 19.1. The van der Waals surface area contributed by atoms with Gasteiger partial charge in [0.2, 0.25) is 16.0 Å². The molecule has 7 rings (SSSR count). The molecular weight excluding hydrogens is 665 g/mol. The molecule has 0 unspecified atom stereocenters. The number of amides is 1. The van der Waals surface area contributed by atoms with E-state index in [1.54, 1.807) is 44.5 Å². The fraction of sp³-hybridized carbons (Fsp3) is 0.474. The van der Waals surface area contributed by atoms with Crippen LogP contribution in [0.25, 0.3) is 0 Å². The predicted molar refractivity (Wildman–Crippen MR) is 188 cm³/mol. The molecule has 1 amide bonds. The van der Waals surface area contributed by atoms with Crippen LogP contribution in [0.5, 0.6) is 5.75 Å². The van der Waals surface area contributed by atoms with Gasteiger partial charge in [-0.15, -0.1) is 0 Å². The molecule has 11 heteroatoms. The number of halogens is 2. The van der Waals surface area contributed by atoms with Crippen LogP contribution >= 0.6 is 11.6 Å². The first kappa shape index (κ1) is 34.0. The number of allylic oxidation sites excluding steroid dienone is 1. The molecule has 6 atom stereocenters. The van der Waals surface area contributed by atoms with Crippen molar-refractivity contribution in [1.29, 1.82) is 0 Å². The number of aryl methyl sites for hydroxylation is 1. The van der Waals surface area contributed by atoms with Crippen molar-refractivity contribution in [2.75, 3.05) is 31.7 Å². The number of carbonyl (C=O) groups excluding carboxylic acids is 1. The second-order valence-electron chi connectivity index (χ2n) is 14.4. The molecule has 0 radical (unpaired) electrons. The minimum absolute atomic E-state index is 0.0258. The van der Waals surface area contributed by atoms with E-state index in [-0.39, 0.29) is 28.7 Å². The molecule has 8 nitrogen and oxygen atoms in total. The number of sulfonamides is 1. The van der Waals surface area contributed by atoms with Crippen LogP contribution < -0.4 is 14.4 Å². The van der Waals surface area contributed by atoms with Gasteiger partial charge in [-0.05, 0) is 111 Å². The maximum absolute atomic E-state index is 14.1. The third-order valence-corrected chi connectivity index (χ3v) is 13.8. The highest BCUT2D eigenvalue weighted by Gasteiger charge is 2.50. The number of ether oxygens (including phenoxy) is 2. The second kappa shape index (κ2) is 13.0. The van der Waals surface area contributed by atoms with E-state index in [2.05, 4.69) is 26.7 Å². The summed E-state index contributed by atoms with van der Waals surface area (Å²) in [7, 11) is -2.33. The Labute approximate surface area is 293 Å². The van der Waals surface area contributed by atoms with Gasteiger partial charge in [0.15, 0.2) is 0 Å². The van der Waals surface area contributed by atoms with Crippen LogP contribution in [0.3, 0.4) is 0 Å². The van der Waals surface area contributed by atoms with E-state index in [0.717, 1.165) is 43.4 Å². The summed E-state index contributed by atoms with van der Waals surface area (Å²) in [5.74, 6) is -0.691. The number of carbonyl (C=O) groups is 1. The quantitative estimate of drug-likeness (QED) is 0.227. The van der Waals surface area contributed by atoms with Gasteiger partial charge in [-0.1, -0.05) is 36.7 Å². The Balaban J connectivity index is 1.36. The van der Waals surface area contributed by atoms with E-state index in [0.29, 0.717) is 36.9 Å². The lowest BCUT2D eigenvalue weighted by molar-refractivity contribution is -0.0806. The van der Waals surface area contributed by atoms with Crippen molar-refractivity contribution in [1.82, 2.24) is 9.71 Å². The predicted octanol–water partition coefficient (Wildman–Crippen LogP) is 6.96. The van der Waals surface area contributed by atoms with E-state index in [1.807, 2.05) is 25.1 Å². The molecule has 1 N–H and O–H groups in total. The van der Waals surface area contributed by atoms with Crippen LogP contribution in [0.4, 0.5) is 10.1 Å². The highest BCUT2D eigenvalue weighted by atomic mass is 35.5. The Morgan fingerprint density at radius 2 is 1.96 bits per heavy atom. The number of benzene rings is 2. The maximum atomic E-state index is 14.1. The maximum Gasteiger partial charge on any atom is 0.264 e. The monoisotopic (exact) mass is 707 g/mol. The lowest BCUT2D eigenvalue weighted by Crippen LogP contribution is -2.52. The molecule has 0 saturated heterocycles. The van der Waals surface area contributed by atoms with Crippen molar-refractivity contribution < 1.29 is 27.1 Å². The van der Waals surface area contributed by atoms with Gasteiger partial charge in [0, 0.05) is 53.9 Å². The molecule has 1 saturated carbocycles. The van der Waals surface area contributed by atoms with Gasteiger partial charge < -0.3 is 14.4 Å². The van der Waals surface area contributed by atoms with Crippen molar-refractivity contribution in [2.24, 2.45) is 17.8 Å². The van der Waals surface area contributed by atoms with Crippen LogP contribution in [0, 0.1) is 23.7 Å². The normalized spacial score (nSPS) is 31.7. The highest BCUT2D eigenvalue weighted by Crippen LogP contribution is 2.52. The van der Waals surface area contributed by atoms with E-state index in [9.17, 15) is 17.6 Å². The average molecular weight is 708 g/mol. The first-order chi connectivity index (χ1) is 23.4. The summed E-state index contributed by atoms with van der Waals surface area (Å²) in [5.41, 5.74) is 2.98. The lowest BCUT2D eigenvalue weighted by Gasteiger charge is -2.50. The zero-order chi connectivity index (χ0) is 34.6. The van der Waals surface area contributed by atoms with E-state index in [4.69, 9.17) is 21.1 Å². The number of aromatic nitrogens is 1. The topological polar surface area (TPSA) is 97.8 Å². The first-order valence-electron chi connectivity index (χ1n) is 17.2. The third-order valence-electron chi connectivity index (χ3n) is 11.6. The number of rotatable bonds is 2. The third kappa shape index (κ3) is 6.14. The molecule has 1 spiro atoms. The van der Waals surface area contributed by atoms with Crippen molar-refractivity contribution in [3.63, 3.8) is 0 Å². The Hall–Kier alpha value is -3.47. The second-order valence-corrected chi connectivity index (χ2v) is 16.9. The summed E-state index contributed by atoms with van der Waals surface area (Å²) in [6.07, 6.45) is 10.6. The fourth-order valence-corrected chi connectivity index (χ4v) is 9.98. The van der Waals surface area contributed by atoms with Gasteiger partial charge in [0.25, 0.3) is 5.91 Å². The molecule has 49 heavy (non-hydrogen) atoms. The largest absolute Gasteiger partial charge is 0.490 e. The zero-order valence-corrected chi connectivity index (χ0v) is 29.7. The lowest BCUT2D eigenvalue weighted by atomic mass is 9.62. The van der Waals surface area contributed by atoms with Gasteiger partial charge in [-0.2, -0.15) is 4.39 Å². The van der Waals surface area contributed by atoms with Crippen molar-refractivity contribution in [3.8, 4) is 5.75 Å². The number of pyridine rings is 1. The number of nitrogens with zero attached hydrogens (tertiary/aromatic N) is 2. The standard InChI is InChI=1S/C38H43ClFN3O5S/c1-24-6-4-17-38(47-3,29-10-15-35(40)41-20-29)32-12-8-28(32)21-43-22-37(16-5-7-26-18-30(39)11-13-31(26)37)23-48-34-14-9-27(19-33(34)43)36(44)42-49(45,46)25(24)2/h4,9-11,13-15,17-20,24-25,28,32H,5-8,12,16,21-23H2,1-3H3,(H,42,44)/b17-4+/t24-,25+,28-,32+,37-,38+/m0/s1. The highest BCUT2D eigenvalue weighted by molar-refractivity contribution is 7.90. The minimum atomic E-state index is -4.01. The van der Waals surface area contributed by atoms with Crippen LogP contribution in [0.1, 0.15) is 73.0 Å². The Morgan fingerprint density at radius 3 is 2.69 bits per heavy atom. The number of hydrogen-bond acceptors (Lipinski definition) is 7. The zero-order valence-electron chi connectivity index (χ0n) is 28.1. The number of methoxy groups -OCH3 is 1. The van der Waals surface area contributed by atoms with Gasteiger partial charge in [0.1, 0.15) is 11.4 Å². The molecule has 260 valence electrons. The molecule has 2 aliphatic heterocycles. The summed E-state index contributed by atoms with van der Waals surface area (Å²) in [6.45, 7) is 5.22. The Bertz CT molecular complexity index is 1890. The van der Waals surface area contributed by atoms with Crippen molar-refractivity contribution in [2.45, 2.75) is 68.6 Å². The summed E-state index contributed by atoms with van der Waals surface area (Å²) in [5, 5.41) is -0.139. The Kier molecular flexibility index (Phi) is 9.03. The smallest absolute Gasteiger partial charge is 0.264 e. The number of fused-ring (bicyclic) bond motifs is 4. The molecule has 2 aliphatic carbocycles. The van der Waals surface area contributed by atoms with Crippen LogP contribution in [0.15, 0.2) is 66.9 Å². The van der Waals surface area contributed by atoms with Gasteiger partial charge in [-0.25, -0.2) is 18.1 Å². The van der Waals surface area contributed by atoms with Crippen LogP contribution in [-0.2, 0) is 32.2 Å². The van der Waals surface area contributed by atoms with Gasteiger partial charge in [0.05, 0.1) is 17.5 Å². The molecule has 1 aromatic heterocycles. The molecule has 4 aliphatic rings. The van der Waals surface area contributed by atoms with E-state index in [1.165, 1.54) is 17.2 Å². The summed E-state index contributed by atoms with van der Waals surface area (Å²) in [6, 6.07) is 14.4. The van der Waals surface area contributed by atoms with Crippen LogP contribution in [0.2, 0.25) is 5.02 Å². The molecular formula is C38H43ClFN3O5S. The molecule has 1 fully saturated rings.